The summed E-state index contributed by atoms with van der Waals surface area (Å²) in [4.78, 5) is 9.16. The molecule has 0 spiro atoms. The molecule has 0 bridgehead atoms. The second-order valence-corrected chi connectivity index (χ2v) is 0.612. The van der Waals surface area contributed by atoms with Crippen LogP contribution in [0.5, 0.6) is 0 Å². The van der Waals surface area contributed by atoms with Gasteiger partial charge >= 0.3 is 22.4 Å². The van der Waals surface area contributed by atoms with Gasteiger partial charge in [0.25, 0.3) is 0 Å². The Morgan fingerprint density at radius 2 is 2.14 bits per heavy atom. The minimum Gasteiger partial charge on any atom is -0.545 e. The van der Waals surface area contributed by atoms with Crippen LogP contribution in [0.1, 0.15) is 0 Å². The molecule has 0 aromatic heterocycles. The maximum Gasteiger partial charge on any atom is 1.00 e. The standard InChI is InChI=1S/C3H3FO2.Ag/c4-2-1-3(5)6;/h1-2H,(H,5,6);/q;+1/p-1. The molecular formula is C3H2AgFO2. The van der Waals surface area contributed by atoms with Crippen LogP contribution in [-0.2, 0) is 27.2 Å². The fourth-order valence-corrected chi connectivity index (χ4v) is 0.0514. The zero-order chi connectivity index (χ0) is 4.99. The Morgan fingerprint density at radius 1 is 1.71 bits per heavy atom. The molecule has 0 fully saturated rings. The van der Waals surface area contributed by atoms with E-state index in [1.54, 1.807) is 0 Å². The molecule has 0 N–H and O–H groups in total. The Balaban J connectivity index is 0. The minimum absolute atomic E-state index is 0. The summed E-state index contributed by atoms with van der Waals surface area (Å²) in [5, 5.41) is 9.16. The fourth-order valence-electron chi connectivity index (χ4n) is 0.0514. The summed E-state index contributed by atoms with van der Waals surface area (Å²) in [7, 11) is 0. The first-order valence-corrected chi connectivity index (χ1v) is 1.25. The average Bonchev–Trinajstić information content (AvgIpc) is 1.35. The molecular weight excluding hydrogens is 195 g/mol. The summed E-state index contributed by atoms with van der Waals surface area (Å²) < 4.78 is 10.6. The van der Waals surface area contributed by atoms with Crippen LogP contribution >= 0.6 is 0 Å². The molecule has 0 heterocycles. The first kappa shape index (κ1) is 9.99. The average molecular weight is 197 g/mol. The quantitative estimate of drug-likeness (QED) is 0.408. The number of carbonyl (C=O) groups is 1. The van der Waals surface area contributed by atoms with Gasteiger partial charge in [-0.2, -0.15) is 0 Å². The normalized spacial score (nSPS) is 8.14. The molecule has 44 valence electrons. The number of hydrogen-bond acceptors (Lipinski definition) is 2. The van der Waals surface area contributed by atoms with Crippen LogP contribution < -0.4 is 5.11 Å². The van der Waals surface area contributed by atoms with E-state index in [9.17, 15) is 4.39 Å². The Morgan fingerprint density at radius 3 is 2.14 bits per heavy atom. The van der Waals surface area contributed by atoms with E-state index in [0.717, 1.165) is 0 Å². The number of carboxylic acid groups (broad SMARTS) is 1. The molecule has 0 aromatic carbocycles. The van der Waals surface area contributed by atoms with Gasteiger partial charge in [0, 0.05) is 0 Å². The molecule has 0 aliphatic heterocycles. The van der Waals surface area contributed by atoms with Crippen LogP contribution in [0.3, 0.4) is 0 Å². The second kappa shape index (κ2) is 5.88. The molecule has 0 rings (SSSR count). The Kier molecular flexibility index (Phi) is 8.39. The van der Waals surface area contributed by atoms with E-state index in [-0.39, 0.29) is 28.7 Å². The van der Waals surface area contributed by atoms with Gasteiger partial charge in [0.15, 0.2) is 0 Å². The SMILES string of the molecule is O=C([O-])C=CF.[Ag+]. The van der Waals surface area contributed by atoms with Gasteiger partial charge in [-0.05, 0) is 6.08 Å². The van der Waals surface area contributed by atoms with Crippen LogP contribution in [0.2, 0.25) is 0 Å². The van der Waals surface area contributed by atoms with Crippen molar-refractivity contribution >= 4 is 5.97 Å². The van der Waals surface area contributed by atoms with Crippen LogP contribution in [0.25, 0.3) is 0 Å². The van der Waals surface area contributed by atoms with Crippen molar-refractivity contribution in [3.05, 3.63) is 12.4 Å². The summed E-state index contributed by atoms with van der Waals surface area (Å²) in [6.07, 6.45) is 0.218. The maximum atomic E-state index is 10.6. The minimum atomic E-state index is -1.52. The van der Waals surface area contributed by atoms with Crippen molar-refractivity contribution in [2.45, 2.75) is 0 Å². The third-order valence-corrected chi connectivity index (χ3v) is 0.199. The molecule has 0 aliphatic carbocycles. The Labute approximate surface area is 55.5 Å². The van der Waals surface area contributed by atoms with Crippen molar-refractivity contribution in [3.63, 3.8) is 0 Å². The zero-order valence-electron chi connectivity index (χ0n) is 3.15. The molecule has 7 heavy (non-hydrogen) atoms. The molecule has 0 aromatic rings. The number of hydrogen-bond donors (Lipinski definition) is 0. The topological polar surface area (TPSA) is 40.1 Å². The third kappa shape index (κ3) is 10.7. The van der Waals surface area contributed by atoms with E-state index in [1.165, 1.54) is 0 Å². The molecule has 0 saturated heterocycles. The Bertz CT molecular complexity index is 81.0. The molecule has 0 saturated carbocycles. The van der Waals surface area contributed by atoms with E-state index >= 15 is 0 Å². The number of carboxylic acids is 1. The van der Waals surface area contributed by atoms with Gasteiger partial charge in [-0.1, -0.05) is 0 Å². The zero-order valence-corrected chi connectivity index (χ0v) is 4.63. The van der Waals surface area contributed by atoms with E-state index in [0.29, 0.717) is 6.08 Å². The van der Waals surface area contributed by atoms with Crippen LogP contribution in [0.4, 0.5) is 4.39 Å². The van der Waals surface area contributed by atoms with E-state index in [2.05, 4.69) is 0 Å². The molecule has 0 amide bonds. The molecule has 2 nitrogen and oxygen atoms in total. The van der Waals surface area contributed by atoms with Crippen molar-refractivity contribution in [2.24, 2.45) is 0 Å². The number of halogens is 1. The maximum absolute atomic E-state index is 10.6. The van der Waals surface area contributed by atoms with E-state index < -0.39 is 5.97 Å². The molecule has 0 unspecified atom stereocenters. The van der Waals surface area contributed by atoms with Gasteiger partial charge in [0.05, 0.1) is 12.3 Å². The molecule has 0 atom stereocenters. The largest absolute Gasteiger partial charge is 1.00 e. The monoisotopic (exact) mass is 196 g/mol. The summed E-state index contributed by atoms with van der Waals surface area (Å²) in [5.74, 6) is -1.52. The molecule has 0 radical (unpaired) electrons. The fraction of sp³-hybridized carbons (Fsp3) is 0. The van der Waals surface area contributed by atoms with Gasteiger partial charge in [0.1, 0.15) is 0 Å². The summed E-state index contributed by atoms with van der Waals surface area (Å²) in [6.45, 7) is 0. The van der Waals surface area contributed by atoms with Crippen molar-refractivity contribution in [1.29, 1.82) is 0 Å². The predicted octanol–water partition coefficient (Wildman–Crippen LogP) is -0.783. The first-order valence-electron chi connectivity index (χ1n) is 1.25. The molecule has 0 aliphatic rings. The van der Waals surface area contributed by atoms with Gasteiger partial charge in [-0.15, -0.1) is 0 Å². The van der Waals surface area contributed by atoms with E-state index in [1.807, 2.05) is 0 Å². The van der Waals surface area contributed by atoms with Crippen molar-refractivity contribution in [1.82, 2.24) is 0 Å². The molecule has 4 heteroatoms. The number of carbonyl (C=O) groups excluding carboxylic acids is 1. The van der Waals surface area contributed by atoms with Gasteiger partial charge in [-0.3, -0.25) is 0 Å². The van der Waals surface area contributed by atoms with Crippen molar-refractivity contribution < 1.29 is 36.7 Å². The van der Waals surface area contributed by atoms with E-state index in [4.69, 9.17) is 9.90 Å². The Hall–Kier alpha value is -0.120. The van der Waals surface area contributed by atoms with Gasteiger partial charge in [-0.25, -0.2) is 4.39 Å². The predicted molar refractivity (Wildman–Crippen MR) is 15.3 cm³/mol. The van der Waals surface area contributed by atoms with Crippen LogP contribution in [0.15, 0.2) is 12.4 Å². The first-order chi connectivity index (χ1) is 2.77. The number of aliphatic carboxylic acids is 1. The van der Waals surface area contributed by atoms with Gasteiger partial charge in [0.2, 0.25) is 0 Å². The summed E-state index contributed by atoms with van der Waals surface area (Å²) in [5.41, 5.74) is 0. The third-order valence-electron chi connectivity index (χ3n) is 0.199. The number of rotatable bonds is 1. The van der Waals surface area contributed by atoms with Crippen molar-refractivity contribution in [3.8, 4) is 0 Å². The second-order valence-electron chi connectivity index (χ2n) is 0.612. The summed E-state index contributed by atoms with van der Waals surface area (Å²) in [6, 6.07) is 0. The van der Waals surface area contributed by atoms with Crippen LogP contribution in [0, 0.1) is 0 Å². The van der Waals surface area contributed by atoms with Crippen molar-refractivity contribution in [2.75, 3.05) is 0 Å². The smallest absolute Gasteiger partial charge is 0.545 e. The van der Waals surface area contributed by atoms with Gasteiger partial charge < -0.3 is 9.90 Å². The van der Waals surface area contributed by atoms with Crippen LogP contribution in [-0.4, -0.2) is 5.97 Å². The summed E-state index contributed by atoms with van der Waals surface area (Å²) >= 11 is 0.